The highest BCUT2D eigenvalue weighted by atomic mass is 32.2. The van der Waals surface area contributed by atoms with Gasteiger partial charge in [0, 0.05) is 29.8 Å². The molecule has 21 heavy (non-hydrogen) atoms. The van der Waals surface area contributed by atoms with Crippen LogP contribution in [0.5, 0.6) is 0 Å². The summed E-state index contributed by atoms with van der Waals surface area (Å²) in [7, 11) is 0. The number of nitrogens with zero attached hydrogens (tertiary/aromatic N) is 2. The van der Waals surface area contributed by atoms with Gasteiger partial charge in [0.25, 0.3) is 0 Å². The van der Waals surface area contributed by atoms with E-state index >= 15 is 0 Å². The maximum Gasteiger partial charge on any atom is 0.136 e. The fourth-order valence-electron chi connectivity index (χ4n) is 2.46. The number of hydrogen-bond donors (Lipinski definition) is 2. The summed E-state index contributed by atoms with van der Waals surface area (Å²) < 4.78 is 0.295. The molecule has 0 bridgehead atoms. The molecule has 0 atom stereocenters. The molecular formula is C16H28N4S. The summed E-state index contributed by atoms with van der Waals surface area (Å²) in [6.07, 6.45) is 6.99. The van der Waals surface area contributed by atoms with Crippen molar-refractivity contribution in [2.45, 2.75) is 57.1 Å². The van der Waals surface area contributed by atoms with Gasteiger partial charge in [0.05, 0.1) is 0 Å². The number of anilines is 2. The summed E-state index contributed by atoms with van der Waals surface area (Å²) in [5.41, 5.74) is 0. The molecule has 118 valence electrons. The Bertz CT molecular complexity index is 447. The molecule has 1 aliphatic carbocycles. The van der Waals surface area contributed by atoms with Crippen LogP contribution in [0.3, 0.4) is 0 Å². The minimum absolute atomic E-state index is 0.295. The summed E-state index contributed by atoms with van der Waals surface area (Å²) in [4.78, 5) is 9.33. The van der Waals surface area contributed by atoms with Gasteiger partial charge < -0.3 is 10.6 Å². The average molecular weight is 308 g/mol. The number of thioether (sulfide) groups is 1. The van der Waals surface area contributed by atoms with Gasteiger partial charge in [0.2, 0.25) is 0 Å². The van der Waals surface area contributed by atoms with Crippen LogP contribution >= 0.6 is 11.8 Å². The fraction of sp³-hybridized carbons (Fsp3) is 0.750. The maximum absolute atomic E-state index is 4.71. The molecule has 1 aliphatic rings. The summed E-state index contributed by atoms with van der Waals surface area (Å²) in [6, 6.07) is 2.03. The van der Waals surface area contributed by atoms with Crippen LogP contribution < -0.4 is 10.6 Å². The van der Waals surface area contributed by atoms with E-state index in [1.54, 1.807) is 0 Å². The average Bonchev–Trinajstić information content (AvgIpc) is 3.34. The van der Waals surface area contributed by atoms with Crippen LogP contribution in [0, 0.1) is 0 Å². The second-order valence-corrected chi connectivity index (χ2v) is 7.02. The molecule has 4 nitrogen and oxygen atoms in total. The second kappa shape index (κ2) is 7.34. The lowest BCUT2D eigenvalue weighted by Gasteiger charge is -2.30. The van der Waals surface area contributed by atoms with Gasteiger partial charge in [-0.2, -0.15) is 11.8 Å². The Hall–Kier alpha value is -0.970. The third-order valence-electron chi connectivity index (χ3n) is 4.36. The van der Waals surface area contributed by atoms with Crippen LogP contribution in [-0.2, 0) is 0 Å². The molecule has 1 aromatic heterocycles. The molecule has 0 radical (unpaired) electrons. The SMILES string of the molecule is CCNc1cc(NCC(CC)(CC)SC)nc(C2CC2)n1. The molecule has 2 N–H and O–H groups in total. The van der Waals surface area contributed by atoms with Crippen LogP contribution in [0.25, 0.3) is 0 Å². The van der Waals surface area contributed by atoms with Gasteiger partial charge >= 0.3 is 0 Å². The predicted octanol–water partition coefficient (Wildman–Crippen LogP) is 4.12. The first-order valence-corrected chi connectivity index (χ1v) is 9.30. The highest BCUT2D eigenvalue weighted by Gasteiger charge is 2.28. The van der Waals surface area contributed by atoms with E-state index in [1.165, 1.54) is 12.8 Å². The third-order valence-corrected chi connectivity index (χ3v) is 5.94. The number of hydrogen-bond acceptors (Lipinski definition) is 5. The van der Waals surface area contributed by atoms with E-state index in [9.17, 15) is 0 Å². The van der Waals surface area contributed by atoms with Gasteiger partial charge in [0.15, 0.2) is 0 Å². The van der Waals surface area contributed by atoms with E-state index in [0.717, 1.165) is 43.4 Å². The van der Waals surface area contributed by atoms with Gasteiger partial charge in [-0.25, -0.2) is 9.97 Å². The number of aromatic nitrogens is 2. The van der Waals surface area contributed by atoms with Crippen molar-refractivity contribution >= 4 is 23.4 Å². The van der Waals surface area contributed by atoms with Crippen LogP contribution in [0.2, 0.25) is 0 Å². The van der Waals surface area contributed by atoms with Crippen molar-refractivity contribution in [1.82, 2.24) is 9.97 Å². The minimum Gasteiger partial charge on any atom is -0.370 e. The number of rotatable bonds is 9. The highest BCUT2D eigenvalue weighted by molar-refractivity contribution is 8.00. The molecule has 0 amide bonds. The van der Waals surface area contributed by atoms with E-state index in [4.69, 9.17) is 4.98 Å². The largest absolute Gasteiger partial charge is 0.370 e. The lowest BCUT2D eigenvalue weighted by Crippen LogP contribution is -2.32. The third kappa shape index (κ3) is 4.25. The van der Waals surface area contributed by atoms with E-state index in [2.05, 4.69) is 42.6 Å². The Morgan fingerprint density at radius 1 is 1.14 bits per heavy atom. The molecule has 0 saturated heterocycles. The molecule has 1 aromatic rings. The Morgan fingerprint density at radius 2 is 1.76 bits per heavy atom. The first-order valence-electron chi connectivity index (χ1n) is 8.08. The first kappa shape index (κ1) is 16.4. The smallest absolute Gasteiger partial charge is 0.136 e. The summed E-state index contributed by atoms with van der Waals surface area (Å²) in [5, 5.41) is 6.86. The van der Waals surface area contributed by atoms with E-state index in [-0.39, 0.29) is 0 Å². The zero-order chi connectivity index (χ0) is 15.3. The van der Waals surface area contributed by atoms with Crippen LogP contribution in [0.4, 0.5) is 11.6 Å². The van der Waals surface area contributed by atoms with Crippen molar-refractivity contribution in [3.8, 4) is 0 Å². The Morgan fingerprint density at radius 3 is 2.24 bits per heavy atom. The quantitative estimate of drug-likeness (QED) is 0.718. The molecule has 0 unspecified atom stereocenters. The molecule has 1 saturated carbocycles. The summed E-state index contributed by atoms with van der Waals surface area (Å²) >= 11 is 1.95. The number of nitrogens with one attached hydrogen (secondary N) is 2. The molecule has 5 heteroatoms. The van der Waals surface area contributed by atoms with Gasteiger partial charge in [-0.15, -0.1) is 0 Å². The van der Waals surface area contributed by atoms with Gasteiger partial charge in [-0.3, -0.25) is 0 Å². The van der Waals surface area contributed by atoms with Crippen molar-refractivity contribution in [1.29, 1.82) is 0 Å². The van der Waals surface area contributed by atoms with Crippen molar-refractivity contribution in [3.05, 3.63) is 11.9 Å². The molecular weight excluding hydrogens is 280 g/mol. The lowest BCUT2D eigenvalue weighted by atomic mass is 10.0. The zero-order valence-corrected chi connectivity index (χ0v) is 14.5. The summed E-state index contributed by atoms with van der Waals surface area (Å²) in [6.45, 7) is 8.47. The molecule has 1 fully saturated rings. The molecule has 0 aromatic carbocycles. The normalized spacial score (nSPS) is 15.0. The summed E-state index contributed by atoms with van der Waals surface area (Å²) in [5.74, 6) is 3.48. The molecule has 1 heterocycles. The topological polar surface area (TPSA) is 49.8 Å². The van der Waals surface area contributed by atoms with E-state index < -0.39 is 0 Å². The van der Waals surface area contributed by atoms with E-state index in [0.29, 0.717) is 10.7 Å². The van der Waals surface area contributed by atoms with Crippen molar-refractivity contribution < 1.29 is 0 Å². The monoisotopic (exact) mass is 308 g/mol. The van der Waals surface area contributed by atoms with Crippen molar-refractivity contribution in [2.24, 2.45) is 0 Å². The Kier molecular flexibility index (Phi) is 5.73. The molecule has 2 rings (SSSR count). The van der Waals surface area contributed by atoms with Crippen LogP contribution in [0.1, 0.15) is 58.2 Å². The highest BCUT2D eigenvalue weighted by Crippen LogP contribution is 2.39. The minimum atomic E-state index is 0.295. The second-order valence-electron chi connectivity index (χ2n) is 5.75. The lowest BCUT2D eigenvalue weighted by molar-refractivity contribution is 0.573. The predicted molar refractivity (Wildman–Crippen MR) is 93.5 cm³/mol. The molecule has 0 spiro atoms. The fourth-order valence-corrected chi connectivity index (χ4v) is 3.26. The maximum atomic E-state index is 4.71. The Labute approximate surface area is 132 Å². The van der Waals surface area contributed by atoms with Gasteiger partial charge in [0.1, 0.15) is 17.5 Å². The first-order chi connectivity index (χ1) is 10.2. The van der Waals surface area contributed by atoms with Crippen LogP contribution in [-0.4, -0.2) is 34.1 Å². The van der Waals surface area contributed by atoms with Crippen molar-refractivity contribution in [3.63, 3.8) is 0 Å². The zero-order valence-electron chi connectivity index (χ0n) is 13.7. The van der Waals surface area contributed by atoms with Crippen molar-refractivity contribution in [2.75, 3.05) is 30.0 Å². The van der Waals surface area contributed by atoms with Gasteiger partial charge in [-0.05, 0) is 38.9 Å². The molecule has 0 aliphatic heterocycles. The van der Waals surface area contributed by atoms with E-state index in [1.807, 2.05) is 17.8 Å². The van der Waals surface area contributed by atoms with Gasteiger partial charge in [-0.1, -0.05) is 13.8 Å². The Balaban J connectivity index is 2.11. The van der Waals surface area contributed by atoms with Crippen LogP contribution in [0.15, 0.2) is 6.07 Å². The standard InChI is InChI=1S/C16H28N4S/c1-5-16(6-2,21-4)11-18-14-10-13(17-7-3)19-15(20-14)12-8-9-12/h10,12H,5-9,11H2,1-4H3,(H2,17,18,19,20).